The first-order valence-electron chi connectivity index (χ1n) is 7.81. The molecule has 8 nitrogen and oxygen atoms in total. The van der Waals surface area contributed by atoms with Crippen LogP contribution < -0.4 is 10.9 Å². The molecule has 0 unspecified atom stereocenters. The molecular weight excluding hydrogens is 434 g/mol. The number of H-pyrrole nitrogens is 1. The van der Waals surface area contributed by atoms with E-state index in [2.05, 4.69) is 36.5 Å². The van der Waals surface area contributed by atoms with E-state index in [1.807, 2.05) is 18.2 Å². The Hall–Kier alpha value is -2.85. The molecule has 0 atom stereocenters. The molecule has 2 N–H and O–H groups in total. The summed E-state index contributed by atoms with van der Waals surface area (Å²) >= 11 is 4.53. The fourth-order valence-corrected chi connectivity index (χ4v) is 3.53. The van der Waals surface area contributed by atoms with Crippen LogP contribution in [0, 0.1) is 0 Å². The fourth-order valence-electron chi connectivity index (χ4n) is 2.42. The van der Waals surface area contributed by atoms with Crippen molar-refractivity contribution in [2.45, 2.75) is 5.16 Å². The molecule has 0 saturated heterocycles. The summed E-state index contributed by atoms with van der Waals surface area (Å²) < 4.78 is 7.60. The number of nitrogens with zero attached hydrogens (tertiary/aromatic N) is 3. The van der Waals surface area contributed by atoms with Crippen LogP contribution >= 0.6 is 27.7 Å². The molecule has 1 amide bonds. The Morgan fingerprint density at radius 1 is 1.30 bits per heavy atom. The van der Waals surface area contributed by atoms with Crippen LogP contribution in [0.5, 0.6) is 0 Å². The SMILES string of the molecule is O=C(CSc1n[nH]c(=O)c2cc(-c3ccco3)nn12)Nc1cccc(Br)c1. The predicted molar refractivity (Wildman–Crippen MR) is 105 cm³/mol. The summed E-state index contributed by atoms with van der Waals surface area (Å²) in [6, 6.07) is 12.4. The van der Waals surface area contributed by atoms with Gasteiger partial charge in [-0.2, -0.15) is 5.10 Å². The van der Waals surface area contributed by atoms with Gasteiger partial charge in [0.2, 0.25) is 11.1 Å². The minimum absolute atomic E-state index is 0.108. The number of hydrogen-bond acceptors (Lipinski definition) is 6. The van der Waals surface area contributed by atoms with E-state index in [4.69, 9.17) is 4.42 Å². The number of furan rings is 1. The second kappa shape index (κ2) is 7.41. The van der Waals surface area contributed by atoms with Crippen molar-refractivity contribution in [1.82, 2.24) is 19.8 Å². The van der Waals surface area contributed by atoms with Crippen LogP contribution in [0.4, 0.5) is 5.69 Å². The van der Waals surface area contributed by atoms with Crippen LogP contribution in [0.3, 0.4) is 0 Å². The van der Waals surface area contributed by atoms with Crippen molar-refractivity contribution in [2.24, 2.45) is 0 Å². The lowest BCUT2D eigenvalue weighted by atomic mass is 10.3. The van der Waals surface area contributed by atoms with Crippen molar-refractivity contribution >= 4 is 44.8 Å². The van der Waals surface area contributed by atoms with Crippen molar-refractivity contribution < 1.29 is 9.21 Å². The lowest BCUT2D eigenvalue weighted by Gasteiger charge is -2.05. The first-order chi connectivity index (χ1) is 13.1. The second-order valence-corrected chi connectivity index (χ2v) is 7.34. The highest BCUT2D eigenvalue weighted by Gasteiger charge is 2.15. The van der Waals surface area contributed by atoms with Gasteiger partial charge in [-0.05, 0) is 30.3 Å². The van der Waals surface area contributed by atoms with Crippen molar-refractivity contribution in [3.8, 4) is 11.5 Å². The molecule has 27 heavy (non-hydrogen) atoms. The van der Waals surface area contributed by atoms with Gasteiger partial charge in [-0.1, -0.05) is 33.8 Å². The number of rotatable bonds is 5. The van der Waals surface area contributed by atoms with Gasteiger partial charge in [0.15, 0.2) is 5.76 Å². The smallest absolute Gasteiger partial charge is 0.290 e. The van der Waals surface area contributed by atoms with Gasteiger partial charge in [0, 0.05) is 16.2 Å². The van der Waals surface area contributed by atoms with Crippen LogP contribution in [0.2, 0.25) is 0 Å². The van der Waals surface area contributed by atoms with Crippen molar-refractivity contribution in [3.63, 3.8) is 0 Å². The van der Waals surface area contributed by atoms with Crippen LogP contribution in [-0.2, 0) is 4.79 Å². The number of thioether (sulfide) groups is 1. The van der Waals surface area contributed by atoms with Crippen LogP contribution in [0.1, 0.15) is 0 Å². The first kappa shape index (κ1) is 17.6. The fraction of sp³-hybridized carbons (Fsp3) is 0.0588. The van der Waals surface area contributed by atoms with Gasteiger partial charge in [0.25, 0.3) is 5.56 Å². The van der Waals surface area contributed by atoms with E-state index in [9.17, 15) is 9.59 Å². The topological polar surface area (TPSA) is 105 Å². The van der Waals surface area contributed by atoms with E-state index >= 15 is 0 Å². The number of aromatic amines is 1. The molecule has 0 radical (unpaired) electrons. The molecule has 0 aliphatic carbocycles. The Bertz CT molecular complexity index is 1170. The highest BCUT2D eigenvalue weighted by Crippen LogP contribution is 2.22. The Balaban J connectivity index is 1.54. The van der Waals surface area contributed by atoms with Crippen LogP contribution in [0.15, 0.2) is 67.6 Å². The summed E-state index contributed by atoms with van der Waals surface area (Å²) in [7, 11) is 0. The minimum Gasteiger partial charge on any atom is -0.463 e. The van der Waals surface area contributed by atoms with E-state index in [1.165, 1.54) is 22.5 Å². The third-order valence-electron chi connectivity index (χ3n) is 3.59. The molecule has 0 saturated carbocycles. The van der Waals surface area contributed by atoms with Gasteiger partial charge < -0.3 is 9.73 Å². The summed E-state index contributed by atoms with van der Waals surface area (Å²) in [4.78, 5) is 24.2. The molecule has 3 heterocycles. The van der Waals surface area contributed by atoms with Gasteiger partial charge in [0.1, 0.15) is 11.2 Å². The number of carbonyl (C=O) groups excluding carboxylic acids is 1. The van der Waals surface area contributed by atoms with E-state index in [0.717, 1.165) is 4.47 Å². The minimum atomic E-state index is -0.372. The maximum Gasteiger partial charge on any atom is 0.290 e. The van der Waals surface area contributed by atoms with Gasteiger partial charge in [-0.3, -0.25) is 9.59 Å². The zero-order valence-corrected chi connectivity index (χ0v) is 16.1. The van der Waals surface area contributed by atoms with E-state index in [1.54, 1.807) is 24.3 Å². The average Bonchev–Trinajstić information content (AvgIpc) is 3.31. The van der Waals surface area contributed by atoms with Crippen molar-refractivity contribution in [2.75, 3.05) is 11.1 Å². The number of hydrogen-bond donors (Lipinski definition) is 2. The Labute approximate surface area is 165 Å². The van der Waals surface area contributed by atoms with Crippen LogP contribution in [-0.4, -0.2) is 31.5 Å². The zero-order valence-electron chi connectivity index (χ0n) is 13.7. The number of anilines is 1. The quantitative estimate of drug-likeness (QED) is 0.457. The van der Waals surface area contributed by atoms with Crippen molar-refractivity contribution in [3.05, 3.63) is 63.6 Å². The third-order valence-corrected chi connectivity index (χ3v) is 5.01. The van der Waals surface area contributed by atoms with Gasteiger partial charge >= 0.3 is 0 Å². The number of benzene rings is 1. The number of amides is 1. The number of aromatic nitrogens is 4. The standard InChI is InChI=1S/C17H12BrN5O3S/c18-10-3-1-4-11(7-10)19-15(24)9-27-17-21-20-16(25)13-8-12(22-23(13)17)14-5-2-6-26-14/h1-8H,9H2,(H,19,24)(H,20,25). The first-order valence-corrected chi connectivity index (χ1v) is 9.58. The van der Waals surface area contributed by atoms with E-state index in [-0.39, 0.29) is 17.2 Å². The summed E-state index contributed by atoms with van der Waals surface area (Å²) in [5.74, 6) is 0.454. The molecule has 4 rings (SSSR count). The second-order valence-electron chi connectivity index (χ2n) is 5.49. The number of carbonyl (C=O) groups is 1. The molecule has 10 heteroatoms. The maximum absolute atomic E-state index is 12.2. The molecule has 136 valence electrons. The Kier molecular flexibility index (Phi) is 4.82. The highest BCUT2D eigenvalue weighted by atomic mass is 79.9. The zero-order chi connectivity index (χ0) is 18.8. The van der Waals surface area contributed by atoms with E-state index in [0.29, 0.717) is 27.8 Å². The summed E-state index contributed by atoms with van der Waals surface area (Å²) in [6.45, 7) is 0. The highest BCUT2D eigenvalue weighted by molar-refractivity contribution is 9.10. The van der Waals surface area contributed by atoms with Gasteiger partial charge in [-0.25, -0.2) is 9.61 Å². The summed E-state index contributed by atoms with van der Waals surface area (Å²) in [5.41, 5.74) is 1.15. The summed E-state index contributed by atoms with van der Waals surface area (Å²) in [6.07, 6.45) is 1.53. The monoisotopic (exact) mass is 445 g/mol. The molecule has 0 aliphatic rings. The summed E-state index contributed by atoms with van der Waals surface area (Å²) in [5, 5.41) is 14.0. The Morgan fingerprint density at radius 3 is 2.96 bits per heavy atom. The largest absolute Gasteiger partial charge is 0.463 e. The van der Waals surface area contributed by atoms with Gasteiger partial charge in [0.05, 0.1) is 12.0 Å². The maximum atomic E-state index is 12.2. The predicted octanol–water partition coefficient (Wildman–Crippen LogP) is 3.17. The van der Waals surface area contributed by atoms with E-state index < -0.39 is 0 Å². The lowest BCUT2D eigenvalue weighted by molar-refractivity contribution is -0.113. The molecule has 4 aromatic rings. The molecule has 0 aliphatic heterocycles. The van der Waals surface area contributed by atoms with Crippen LogP contribution in [0.25, 0.3) is 17.0 Å². The van der Waals surface area contributed by atoms with Crippen molar-refractivity contribution in [1.29, 1.82) is 0 Å². The number of nitrogens with one attached hydrogen (secondary N) is 2. The Morgan fingerprint density at radius 2 is 2.19 bits per heavy atom. The molecule has 1 aromatic carbocycles. The molecule has 3 aromatic heterocycles. The van der Waals surface area contributed by atoms with Gasteiger partial charge in [-0.15, -0.1) is 5.10 Å². The average molecular weight is 446 g/mol. The molecule has 0 bridgehead atoms. The number of halogens is 1. The normalized spacial score (nSPS) is 11.0. The molecule has 0 fully saturated rings. The number of fused-ring (bicyclic) bond motifs is 1. The lowest BCUT2D eigenvalue weighted by Crippen LogP contribution is -2.17. The molecule has 0 spiro atoms. The molecular formula is C17H12BrN5O3S. The third kappa shape index (κ3) is 3.81.